The highest BCUT2D eigenvalue weighted by Gasteiger charge is 2.02. The van der Waals surface area contributed by atoms with Gasteiger partial charge in [-0.25, -0.2) is 9.97 Å². The van der Waals surface area contributed by atoms with Crippen LogP contribution in [0.4, 0.5) is 0 Å². The van der Waals surface area contributed by atoms with Gasteiger partial charge in [-0.15, -0.1) is 0 Å². The molecule has 2 heterocycles. The van der Waals surface area contributed by atoms with Crippen molar-refractivity contribution < 1.29 is 0 Å². The molecule has 0 aliphatic carbocycles. The summed E-state index contributed by atoms with van der Waals surface area (Å²) in [4.78, 5) is 15.2. The highest BCUT2D eigenvalue weighted by Crippen LogP contribution is 2.09. The van der Waals surface area contributed by atoms with Crippen molar-refractivity contribution in [2.75, 3.05) is 0 Å². The molecule has 13 heavy (non-hydrogen) atoms. The second-order valence-electron chi connectivity index (χ2n) is 2.55. The van der Waals surface area contributed by atoms with E-state index in [1.54, 1.807) is 24.8 Å². The molecule has 0 radical (unpaired) electrons. The monoisotopic (exact) mass is 175 g/mol. The second-order valence-corrected chi connectivity index (χ2v) is 2.55. The van der Waals surface area contributed by atoms with Crippen molar-refractivity contribution in [2.24, 2.45) is 5.73 Å². The average Bonchev–Trinajstić information content (AvgIpc) is 2.67. The number of nitrogens with one attached hydrogen (secondary N) is 1. The quantitative estimate of drug-likeness (QED) is 0.689. The lowest BCUT2D eigenvalue weighted by atomic mass is 10.4. The number of aromatic amines is 1. The summed E-state index contributed by atoms with van der Waals surface area (Å²) in [5.41, 5.74) is 7.05. The van der Waals surface area contributed by atoms with Crippen LogP contribution in [-0.4, -0.2) is 19.9 Å². The van der Waals surface area contributed by atoms with Crippen LogP contribution in [0, 0.1) is 0 Å². The first-order valence-corrected chi connectivity index (χ1v) is 3.90. The van der Waals surface area contributed by atoms with Crippen LogP contribution in [0.5, 0.6) is 0 Å². The van der Waals surface area contributed by atoms with Crippen molar-refractivity contribution in [2.45, 2.75) is 6.54 Å². The topological polar surface area (TPSA) is 80.5 Å². The number of nitrogens with zero attached hydrogens (tertiary/aromatic N) is 3. The molecule has 0 bridgehead atoms. The van der Waals surface area contributed by atoms with Crippen LogP contribution in [-0.2, 0) is 6.54 Å². The number of aromatic nitrogens is 4. The third kappa shape index (κ3) is 1.54. The Morgan fingerprint density at radius 2 is 2.15 bits per heavy atom. The van der Waals surface area contributed by atoms with Crippen molar-refractivity contribution >= 4 is 0 Å². The minimum Gasteiger partial charge on any atom is -0.339 e. The van der Waals surface area contributed by atoms with Crippen LogP contribution >= 0.6 is 0 Å². The van der Waals surface area contributed by atoms with Gasteiger partial charge in [0.05, 0.1) is 6.20 Å². The molecule has 0 aliphatic heterocycles. The average molecular weight is 175 g/mol. The van der Waals surface area contributed by atoms with E-state index in [2.05, 4.69) is 19.9 Å². The van der Waals surface area contributed by atoms with Crippen LogP contribution in [0.3, 0.4) is 0 Å². The van der Waals surface area contributed by atoms with E-state index in [1.165, 1.54) is 0 Å². The van der Waals surface area contributed by atoms with Crippen LogP contribution in [0.25, 0.3) is 11.5 Å². The summed E-state index contributed by atoms with van der Waals surface area (Å²) in [7, 11) is 0. The fourth-order valence-corrected chi connectivity index (χ4v) is 1.01. The van der Waals surface area contributed by atoms with Crippen molar-refractivity contribution in [1.82, 2.24) is 19.9 Å². The Balaban J connectivity index is 2.36. The van der Waals surface area contributed by atoms with E-state index in [0.717, 1.165) is 11.4 Å². The number of H-pyrrole nitrogens is 1. The van der Waals surface area contributed by atoms with Gasteiger partial charge in [0.2, 0.25) is 0 Å². The summed E-state index contributed by atoms with van der Waals surface area (Å²) in [6.07, 6.45) is 6.60. The zero-order valence-electron chi connectivity index (χ0n) is 6.94. The van der Waals surface area contributed by atoms with Gasteiger partial charge in [-0.05, 0) is 0 Å². The Labute approximate surface area is 75.1 Å². The molecule has 0 saturated carbocycles. The number of rotatable bonds is 2. The molecule has 0 fully saturated rings. The normalized spacial score (nSPS) is 10.2. The number of hydrogen-bond donors (Lipinski definition) is 2. The van der Waals surface area contributed by atoms with E-state index in [0.29, 0.717) is 12.4 Å². The summed E-state index contributed by atoms with van der Waals surface area (Å²) in [6, 6.07) is 0. The smallest absolute Gasteiger partial charge is 0.157 e. The van der Waals surface area contributed by atoms with E-state index in [4.69, 9.17) is 5.73 Å². The van der Waals surface area contributed by atoms with E-state index >= 15 is 0 Å². The third-order valence-electron chi connectivity index (χ3n) is 1.65. The first kappa shape index (κ1) is 7.88. The third-order valence-corrected chi connectivity index (χ3v) is 1.65. The highest BCUT2D eigenvalue weighted by molar-refractivity contribution is 5.46. The summed E-state index contributed by atoms with van der Waals surface area (Å²) in [5.74, 6) is 0.702. The van der Waals surface area contributed by atoms with Gasteiger partial charge in [0.15, 0.2) is 5.82 Å². The van der Waals surface area contributed by atoms with Gasteiger partial charge in [-0.2, -0.15) is 0 Å². The maximum Gasteiger partial charge on any atom is 0.157 e. The van der Waals surface area contributed by atoms with Crippen LogP contribution < -0.4 is 5.73 Å². The zero-order chi connectivity index (χ0) is 9.10. The lowest BCUT2D eigenvalue weighted by Crippen LogP contribution is -1.95. The predicted octanol–water partition coefficient (Wildman–Crippen LogP) is 0.325. The lowest BCUT2D eigenvalue weighted by Gasteiger charge is -1.92. The molecular formula is C8H9N5. The Bertz CT molecular complexity index is 380. The molecule has 3 N–H and O–H groups in total. The maximum absolute atomic E-state index is 5.43. The molecule has 0 atom stereocenters. The highest BCUT2D eigenvalue weighted by atomic mass is 15.0. The molecular weight excluding hydrogens is 166 g/mol. The maximum atomic E-state index is 5.43. The van der Waals surface area contributed by atoms with Gasteiger partial charge in [0, 0.05) is 30.8 Å². The SMILES string of the molecule is NCc1cnc(-c2cnccn2)[nH]1. The molecule has 0 aliphatic rings. The van der Waals surface area contributed by atoms with Crippen LogP contribution in [0.2, 0.25) is 0 Å². The van der Waals surface area contributed by atoms with Crippen LogP contribution in [0.15, 0.2) is 24.8 Å². The Morgan fingerprint density at radius 1 is 1.23 bits per heavy atom. The first-order chi connectivity index (χ1) is 6.40. The molecule has 0 amide bonds. The van der Waals surface area contributed by atoms with Gasteiger partial charge in [-0.1, -0.05) is 0 Å². The van der Waals surface area contributed by atoms with E-state index in [9.17, 15) is 0 Å². The fraction of sp³-hybridized carbons (Fsp3) is 0.125. The summed E-state index contributed by atoms with van der Waals surface area (Å²) in [6.45, 7) is 0.452. The molecule has 0 unspecified atom stereocenters. The molecule has 66 valence electrons. The van der Waals surface area contributed by atoms with Crippen LogP contribution in [0.1, 0.15) is 5.69 Å². The van der Waals surface area contributed by atoms with E-state index in [-0.39, 0.29) is 0 Å². The molecule has 2 rings (SSSR count). The second kappa shape index (κ2) is 3.32. The first-order valence-electron chi connectivity index (χ1n) is 3.90. The molecule has 0 aromatic carbocycles. The number of hydrogen-bond acceptors (Lipinski definition) is 4. The van der Waals surface area contributed by atoms with E-state index in [1.807, 2.05) is 0 Å². The Kier molecular flexibility index (Phi) is 2.01. The van der Waals surface area contributed by atoms with Gasteiger partial charge >= 0.3 is 0 Å². The molecule has 5 heteroatoms. The summed E-state index contributed by atoms with van der Waals surface area (Å²) in [5, 5.41) is 0. The predicted molar refractivity (Wildman–Crippen MR) is 47.5 cm³/mol. The Morgan fingerprint density at radius 3 is 2.77 bits per heavy atom. The lowest BCUT2D eigenvalue weighted by molar-refractivity contribution is 1.01. The minimum absolute atomic E-state index is 0.452. The molecule has 2 aromatic rings. The molecule has 5 nitrogen and oxygen atoms in total. The van der Waals surface area contributed by atoms with Crippen molar-refractivity contribution in [3.8, 4) is 11.5 Å². The van der Waals surface area contributed by atoms with Gasteiger partial charge in [0.1, 0.15) is 5.69 Å². The van der Waals surface area contributed by atoms with Crippen molar-refractivity contribution in [3.05, 3.63) is 30.5 Å². The van der Waals surface area contributed by atoms with Gasteiger partial charge in [0.25, 0.3) is 0 Å². The molecule has 0 spiro atoms. The van der Waals surface area contributed by atoms with Gasteiger partial charge < -0.3 is 10.7 Å². The van der Waals surface area contributed by atoms with Crippen molar-refractivity contribution in [1.29, 1.82) is 0 Å². The number of nitrogens with two attached hydrogens (primary N) is 1. The minimum atomic E-state index is 0.452. The number of imidazole rings is 1. The summed E-state index contributed by atoms with van der Waals surface area (Å²) < 4.78 is 0. The summed E-state index contributed by atoms with van der Waals surface area (Å²) >= 11 is 0. The Hall–Kier alpha value is -1.75. The molecule has 0 saturated heterocycles. The van der Waals surface area contributed by atoms with Crippen molar-refractivity contribution in [3.63, 3.8) is 0 Å². The van der Waals surface area contributed by atoms with Gasteiger partial charge in [-0.3, -0.25) is 4.98 Å². The largest absolute Gasteiger partial charge is 0.339 e. The van der Waals surface area contributed by atoms with E-state index < -0.39 is 0 Å². The standard InChI is InChI=1S/C8H9N5/c9-3-6-4-12-8(13-6)7-5-10-1-2-11-7/h1-2,4-5H,3,9H2,(H,12,13). The fourth-order valence-electron chi connectivity index (χ4n) is 1.01. The zero-order valence-corrected chi connectivity index (χ0v) is 6.94. The molecule has 2 aromatic heterocycles.